The van der Waals surface area contributed by atoms with Crippen molar-refractivity contribution in [2.45, 2.75) is 12.8 Å². The van der Waals surface area contributed by atoms with Crippen molar-refractivity contribution in [3.63, 3.8) is 0 Å². The lowest BCUT2D eigenvalue weighted by molar-refractivity contribution is -0.111. The van der Waals surface area contributed by atoms with Crippen LogP contribution in [0.2, 0.25) is 0 Å². The molecular formula is C24H23N7O2. The second-order valence-corrected chi connectivity index (χ2v) is 8.02. The number of benzene rings is 1. The Labute approximate surface area is 190 Å². The number of nitrogen functional groups attached to an aromatic ring is 1. The summed E-state index contributed by atoms with van der Waals surface area (Å²) in [6.07, 6.45) is 7.93. The second kappa shape index (κ2) is 8.70. The smallest absolute Gasteiger partial charge is 0.256 e. The highest BCUT2D eigenvalue weighted by Gasteiger charge is 2.25. The Bertz CT molecular complexity index is 1300. The normalized spacial score (nSPS) is 16.0. The Hall–Kier alpha value is -4.27. The highest BCUT2D eigenvalue weighted by atomic mass is 16.1. The molecule has 1 saturated heterocycles. The molecule has 4 aromatic rings. The molecule has 0 spiro atoms. The SMILES string of the molecule is Nc1nccn2c(N3CCCC(C=O)C3)nc(-c3ccc(C(=O)Nc4ccccn4)cc3)c12. The van der Waals surface area contributed by atoms with E-state index in [-0.39, 0.29) is 11.8 Å². The van der Waals surface area contributed by atoms with Gasteiger partial charge in [0.2, 0.25) is 5.95 Å². The van der Waals surface area contributed by atoms with E-state index in [2.05, 4.69) is 20.2 Å². The number of anilines is 3. The third-order valence-corrected chi connectivity index (χ3v) is 5.82. The molecular weight excluding hydrogens is 418 g/mol. The van der Waals surface area contributed by atoms with Gasteiger partial charge in [0.05, 0.1) is 0 Å². The number of hydrogen-bond donors (Lipinski definition) is 2. The van der Waals surface area contributed by atoms with Gasteiger partial charge in [-0.3, -0.25) is 9.20 Å². The topological polar surface area (TPSA) is 119 Å². The van der Waals surface area contributed by atoms with Crippen LogP contribution < -0.4 is 16.0 Å². The number of nitrogens with one attached hydrogen (secondary N) is 1. The lowest BCUT2D eigenvalue weighted by Gasteiger charge is -2.30. The maximum Gasteiger partial charge on any atom is 0.256 e. The van der Waals surface area contributed by atoms with Crippen molar-refractivity contribution >= 4 is 35.3 Å². The van der Waals surface area contributed by atoms with Crippen molar-refractivity contribution in [3.05, 3.63) is 66.6 Å². The van der Waals surface area contributed by atoms with Gasteiger partial charge >= 0.3 is 0 Å². The number of aldehydes is 1. The van der Waals surface area contributed by atoms with Crippen LogP contribution in [-0.2, 0) is 4.79 Å². The first-order chi connectivity index (χ1) is 16.1. The largest absolute Gasteiger partial charge is 0.382 e. The van der Waals surface area contributed by atoms with Crippen molar-refractivity contribution in [1.82, 2.24) is 19.4 Å². The van der Waals surface area contributed by atoms with Gasteiger partial charge in [-0.05, 0) is 37.1 Å². The molecule has 0 aliphatic carbocycles. The monoisotopic (exact) mass is 441 g/mol. The number of hydrogen-bond acceptors (Lipinski definition) is 7. The third kappa shape index (κ3) is 4.00. The fraction of sp³-hybridized carbons (Fsp3) is 0.208. The van der Waals surface area contributed by atoms with Crippen LogP contribution in [0.5, 0.6) is 0 Å². The number of piperidine rings is 1. The summed E-state index contributed by atoms with van der Waals surface area (Å²) in [5.41, 5.74) is 8.94. The van der Waals surface area contributed by atoms with E-state index < -0.39 is 0 Å². The number of fused-ring (bicyclic) bond motifs is 1. The van der Waals surface area contributed by atoms with E-state index in [4.69, 9.17) is 10.7 Å². The fourth-order valence-electron chi connectivity index (χ4n) is 4.18. The summed E-state index contributed by atoms with van der Waals surface area (Å²) in [7, 11) is 0. The molecule has 1 aliphatic heterocycles. The summed E-state index contributed by atoms with van der Waals surface area (Å²) in [6.45, 7) is 1.44. The van der Waals surface area contributed by atoms with Gasteiger partial charge in [-0.15, -0.1) is 0 Å². The summed E-state index contributed by atoms with van der Waals surface area (Å²) >= 11 is 0. The highest BCUT2D eigenvalue weighted by Crippen LogP contribution is 2.33. The average Bonchev–Trinajstić information content (AvgIpc) is 3.26. The number of carbonyl (C=O) groups is 2. The van der Waals surface area contributed by atoms with Crippen LogP contribution in [0.1, 0.15) is 23.2 Å². The van der Waals surface area contributed by atoms with Gasteiger partial charge in [-0.2, -0.15) is 0 Å². The third-order valence-electron chi connectivity index (χ3n) is 5.82. The molecule has 3 aromatic heterocycles. The number of rotatable bonds is 5. The molecule has 1 aliphatic rings. The first kappa shape index (κ1) is 20.6. The molecule has 1 amide bonds. The molecule has 1 fully saturated rings. The van der Waals surface area contributed by atoms with Crippen LogP contribution in [0.25, 0.3) is 16.8 Å². The number of nitrogens with two attached hydrogens (primary N) is 1. The molecule has 0 saturated carbocycles. The molecule has 1 atom stereocenters. The standard InChI is InChI=1S/C24H23N7O2/c25-22-21-20(17-6-8-18(9-7-17)23(33)28-19-5-1-2-10-26-19)29-24(31(21)13-11-27-22)30-12-3-4-16(14-30)15-32/h1-2,5-11,13,15-16H,3-4,12,14H2,(H2,25,27)(H,26,28,33). The highest BCUT2D eigenvalue weighted by molar-refractivity contribution is 6.04. The molecule has 5 rings (SSSR count). The van der Waals surface area contributed by atoms with Crippen LogP contribution in [0.3, 0.4) is 0 Å². The quantitative estimate of drug-likeness (QED) is 0.457. The van der Waals surface area contributed by atoms with Crippen molar-refractivity contribution in [1.29, 1.82) is 0 Å². The maximum absolute atomic E-state index is 12.6. The van der Waals surface area contributed by atoms with Crippen molar-refractivity contribution in [2.24, 2.45) is 5.92 Å². The molecule has 1 aromatic carbocycles. The van der Waals surface area contributed by atoms with Crippen LogP contribution in [-0.4, -0.2) is 44.6 Å². The predicted octanol–water partition coefficient (Wildman–Crippen LogP) is 3.04. The Morgan fingerprint density at radius 1 is 1.12 bits per heavy atom. The lowest BCUT2D eigenvalue weighted by atomic mass is 10.0. The minimum Gasteiger partial charge on any atom is -0.382 e. The fourth-order valence-corrected chi connectivity index (χ4v) is 4.18. The van der Waals surface area contributed by atoms with E-state index in [0.717, 1.165) is 37.2 Å². The molecule has 33 heavy (non-hydrogen) atoms. The van der Waals surface area contributed by atoms with E-state index in [1.807, 2.05) is 28.8 Å². The van der Waals surface area contributed by atoms with Crippen molar-refractivity contribution in [2.75, 3.05) is 29.0 Å². The van der Waals surface area contributed by atoms with Crippen LogP contribution >= 0.6 is 0 Å². The molecule has 9 heteroatoms. The predicted molar refractivity (Wildman–Crippen MR) is 126 cm³/mol. The number of pyridine rings is 1. The van der Waals surface area contributed by atoms with Gasteiger partial charge in [0.1, 0.15) is 29.1 Å². The zero-order valence-corrected chi connectivity index (χ0v) is 17.9. The molecule has 9 nitrogen and oxygen atoms in total. The minimum absolute atomic E-state index is 0.00867. The van der Waals surface area contributed by atoms with Gasteiger partial charge in [0.15, 0.2) is 0 Å². The molecule has 166 valence electrons. The van der Waals surface area contributed by atoms with Gasteiger partial charge in [0.25, 0.3) is 5.91 Å². The minimum atomic E-state index is -0.245. The molecule has 3 N–H and O–H groups in total. The van der Waals surface area contributed by atoms with Gasteiger partial charge < -0.3 is 20.7 Å². The zero-order chi connectivity index (χ0) is 22.8. The van der Waals surface area contributed by atoms with E-state index in [9.17, 15) is 9.59 Å². The van der Waals surface area contributed by atoms with Gasteiger partial charge in [0, 0.05) is 48.7 Å². The Balaban J connectivity index is 1.48. The number of imidazole rings is 1. The lowest BCUT2D eigenvalue weighted by Crippen LogP contribution is -2.37. The Kier molecular flexibility index (Phi) is 5.43. The van der Waals surface area contributed by atoms with E-state index >= 15 is 0 Å². The van der Waals surface area contributed by atoms with Crippen molar-refractivity contribution in [3.8, 4) is 11.3 Å². The van der Waals surface area contributed by atoms with E-state index in [1.165, 1.54) is 0 Å². The number of nitrogens with zero attached hydrogens (tertiary/aromatic N) is 5. The molecule has 0 bridgehead atoms. The summed E-state index contributed by atoms with van der Waals surface area (Å²) in [6, 6.07) is 12.5. The zero-order valence-electron chi connectivity index (χ0n) is 17.9. The van der Waals surface area contributed by atoms with Crippen LogP contribution in [0, 0.1) is 5.92 Å². The Morgan fingerprint density at radius 3 is 2.73 bits per heavy atom. The van der Waals surface area contributed by atoms with Crippen LogP contribution in [0.15, 0.2) is 61.1 Å². The molecule has 1 unspecified atom stereocenters. The van der Waals surface area contributed by atoms with E-state index in [1.54, 1.807) is 36.7 Å². The summed E-state index contributed by atoms with van der Waals surface area (Å²) in [4.78, 5) is 39.3. The van der Waals surface area contributed by atoms with Gasteiger partial charge in [-0.25, -0.2) is 15.0 Å². The second-order valence-electron chi connectivity index (χ2n) is 8.02. The maximum atomic E-state index is 12.6. The van der Waals surface area contributed by atoms with Crippen molar-refractivity contribution < 1.29 is 9.59 Å². The molecule has 0 radical (unpaired) electrons. The Morgan fingerprint density at radius 2 is 1.97 bits per heavy atom. The summed E-state index contributed by atoms with van der Waals surface area (Å²) in [5.74, 6) is 1.34. The average molecular weight is 441 g/mol. The summed E-state index contributed by atoms with van der Waals surface area (Å²) < 4.78 is 1.92. The number of aromatic nitrogens is 4. The number of carbonyl (C=O) groups excluding carboxylic acids is 2. The number of amides is 1. The van der Waals surface area contributed by atoms with Crippen LogP contribution in [0.4, 0.5) is 17.6 Å². The van der Waals surface area contributed by atoms with E-state index in [0.29, 0.717) is 35.0 Å². The first-order valence-corrected chi connectivity index (χ1v) is 10.8. The molecule has 4 heterocycles. The first-order valence-electron chi connectivity index (χ1n) is 10.8. The van der Waals surface area contributed by atoms with Gasteiger partial charge in [-0.1, -0.05) is 18.2 Å². The summed E-state index contributed by atoms with van der Waals surface area (Å²) in [5, 5.41) is 2.78.